The highest BCUT2D eigenvalue weighted by molar-refractivity contribution is 5.92. The van der Waals surface area contributed by atoms with E-state index in [1.54, 1.807) is 13.8 Å². The third kappa shape index (κ3) is 4.98. The van der Waals surface area contributed by atoms with Crippen molar-refractivity contribution in [1.82, 2.24) is 5.32 Å². The summed E-state index contributed by atoms with van der Waals surface area (Å²) in [6.07, 6.45) is 2.64. The van der Waals surface area contributed by atoms with Crippen LogP contribution in [0.1, 0.15) is 33.1 Å². The van der Waals surface area contributed by atoms with Crippen molar-refractivity contribution in [2.24, 2.45) is 11.7 Å². The topological polar surface area (TPSA) is 129 Å². The molecule has 26 heavy (non-hydrogen) atoms. The van der Waals surface area contributed by atoms with E-state index in [0.29, 0.717) is 31.4 Å². The van der Waals surface area contributed by atoms with Crippen molar-refractivity contribution in [3.8, 4) is 11.5 Å². The number of anilines is 1. The van der Waals surface area contributed by atoms with E-state index in [1.807, 2.05) is 0 Å². The van der Waals surface area contributed by atoms with Gasteiger partial charge in [0.1, 0.15) is 5.69 Å². The molecule has 2 rings (SSSR count). The van der Waals surface area contributed by atoms with Gasteiger partial charge >= 0.3 is 6.03 Å². The lowest BCUT2D eigenvalue weighted by molar-refractivity contribution is -0.384. The number of rotatable bonds is 8. The van der Waals surface area contributed by atoms with Crippen molar-refractivity contribution in [3.63, 3.8) is 0 Å². The Morgan fingerprint density at radius 1 is 1.27 bits per heavy atom. The lowest BCUT2D eigenvalue weighted by Crippen LogP contribution is -2.36. The zero-order chi connectivity index (χ0) is 19.1. The predicted octanol–water partition coefficient (Wildman–Crippen LogP) is 2.64. The van der Waals surface area contributed by atoms with Gasteiger partial charge in [0.2, 0.25) is 0 Å². The van der Waals surface area contributed by atoms with Crippen LogP contribution in [0, 0.1) is 16.0 Å². The standard InChI is InChI=1S/C17H26N4O5/c1-3-25-15-8-13(14(21(23)24)9-16(15)26-4-2)20-17(22)19-12-6-5-11(7-12)10-18/h8-9,11-12H,3-7,10,18H2,1-2H3,(H2,19,20,22). The van der Waals surface area contributed by atoms with E-state index >= 15 is 0 Å². The SMILES string of the molecule is CCOc1cc(NC(=O)NC2CCC(CN)C2)c([N+](=O)[O-])cc1OCC. The molecule has 1 saturated carbocycles. The number of nitro groups is 1. The summed E-state index contributed by atoms with van der Waals surface area (Å²) in [5.74, 6) is 1.03. The molecule has 4 N–H and O–H groups in total. The third-order valence-corrected chi connectivity index (χ3v) is 4.32. The Morgan fingerprint density at radius 3 is 2.46 bits per heavy atom. The molecular weight excluding hydrogens is 340 g/mol. The molecule has 0 heterocycles. The van der Waals surface area contributed by atoms with Crippen LogP contribution in [0.15, 0.2) is 12.1 Å². The van der Waals surface area contributed by atoms with Crippen molar-refractivity contribution in [3.05, 3.63) is 22.2 Å². The normalized spacial score (nSPS) is 19.0. The van der Waals surface area contributed by atoms with Gasteiger partial charge in [-0.05, 0) is 45.6 Å². The number of benzene rings is 1. The highest BCUT2D eigenvalue weighted by atomic mass is 16.6. The molecule has 0 spiro atoms. The molecule has 0 saturated heterocycles. The Morgan fingerprint density at radius 2 is 1.92 bits per heavy atom. The number of amides is 2. The molecule has 0 aromatic heterocycles. The predicted molar refractivity (Wildman–Crippen MR) is 97.8 cm³/mol. The van der Waals surface area contributed by atoms with Gasteiger partial charge in [-0.15, -0.1) is 0 Å². The smallest absolute Gasteiger partial charge is 0.319 e. The lowest BCUT2D eigenvalue weighted by Gasteiger charge is -2.16. The summed E-state index contributed by atoms with van der Waals surface area (Å²) in [5.41, 5.74) is 5.47. The maximum Gasteiger partial charge on any atom is 0.319 e. The molecule has 2 unspecified atom stereocenters. The van der Waals surface area contributed by atoms with Crippen LogP contribution in [-0.4, -0.2) is 36.8 Å². The summed E-state index contributed by atoms with van der Waals surface area (Å²) in [6, 6.07) is 2.23. The van der Waals surface area contributed by atoms with E-state index in [1.165, 1.54) is 12.1 Å². The van der Waals surface area contributed by atoms with Crippen LogP contribution in [0.3, 0.4) is 0 Å². The molecule has 1 aliphatic carbocycles. The Hall–Kier alpha value is -2.55. The zero-order valence-electron chi connectivity index (χ0n) is 15.1. The number of nitrogens with one attached hydrogen (secondary N) is 2. The lowest BCUT2D eigenvalue weighted by atomic mass is 10.1. The first-order chi connectivity index (χ1) is 12.5. The average Bonchev–Trinajstić information content (AvgIpc) is 3.04. The molecule has 1 aliphatic rings. The van der Waals surface area contributed by atoms with E-state index in [2.05, 4.69) is 10.6 Å². The van der Waals surface area contributed by atoms with Gasteiger partial charge in [0.25, 0.3) is 5.69 Å². The first-order valence-electron chi connectivity index (χ1n) is 8.84. The van der Waals surface area contributed by atoms with Crippen LogP contribution in [0.2, 0.25) is 0 Å². The number of carbonyl (C=O) groups excluding carboxylic acids is 1. The number of urea groups is 1. The Bertz CT molecular complexity index is 652. The Kier molecular flexibility index (Phi) is 7.02. The highest BCUT2D eigenvalue weighted by Gasteiger charge is 2.26. The van der Waals surface area contributed by atoms with Gasteiger partial charge in [-0.25, -0.2) is 4.79 Å². The number of nitrogens with two attached hydrogens (primary N) is 1. The Balaban J connectivity index is 2.16. The summed E-state index contributed by atoms with van der Waals surface area (Å²) in [7, 11) is 0. The summed E-state index contributed by atoms with van der Waals surface area (Å²) >= 11 is 0. The fourth-order valence-corrected chi connectivity index (χ4v) is 3.10. The van der Waals surface area contributed by atoms with Crippen molar-refractivity contribution in [2.75, 3.05) is 25.1 Å². The van der Waals surface area contributed by atoms with Gasteiger partial charge in [-0.2, -0.15) is 0 Å². The first kappa shape index (κ1) is 19.8. The number of hydrogen-bond acceptors (Lipinski definition) is 6. The fourth-order valence-electron chi connectivity index (χ4n) is 3.10. The van der Waals surface area contributed by atoms with E-state index in [0.717, 1.165) is 19.3 Å². The van der Waals surface area contributed by atoms with Gasteiger partial charge in [0, 0.05) is 12.1 Å². The maximum absolute atomic E-state index is 12.3. The highest BCUT2D eigenvalue weighted by Crippen LogP contribution is 2.38. The monoisotopic (exact) mass is 366 g/mol. The number of ether oxygens (including phenoxy) is 2. The van der Waals surface area contributed by atoms with E-state index < -0.39 is 11.0 Å². The minimum atomic E-state index is -0.562. The number of nitrogens with zero attached hydrogens (tertiary/aromatic N) is 1. The molecule has 1 fully saturated rings. The molecule has 0 radical (unpaired) electrons. The largest absolute Gasteiger partial charge is 0.490 e. The minimum absolute atomic E-state index is 0.0247. The average molecular weight is 366 g/mol. The Labute approximate surface area is 152 Å². The molecule has 9 heteroatoms. The second-order valence-corrected chi connectivity index (χ2v) is 6.15. The summed E-state index contributed by atoms with van der Waals surface area (Å²) in [5, 5.41) is 16.8. The van der Waals surface area contributed by atoms with E-state index in [4.69, 9.17) is 15.2 Å². The van der Waals surface area contributed by atoms with Crippen LogP contribution in [0.5, 0.6) is 11.5 Å². The van der Waals surface area contributed by atoms with Crippen LogP contribution >= 0.6 is 0 Å². The summed E-state index contributed by atoms with van der Waals surface area (Å²) < 4.78 is 10.9. The van der Waals surface area contributed by atoms with Crippen molar-refractivity contribution in [1.29, 1.82) is 0 Å². The minimum Gasteiger partial charge on any atom is -0.490 e. The van der Waals surface area contributed by atoms with Crippen LogP contribution in [-0.2, 0) is 0 Å². The number of hydrogen-bond donors (Lipinski definition) is 3. The van der Waals surface area contributed by atoms with Crippen molar-refractivity contribution >= 4 is 17.4 Å². The van der Waals surface area contributed by atoms with Gasteiger partial charge in [-0.1, -0.05) is 0 Å². The molecule has 2 amide bonds. The second kappa shape index (κ2) is 9.23. The summed E-state index contributed by atoms with van der Waals surface area (Å²) in [4.78, 5) is 23.1. The third-order valence-electron chi connectivity index (χ3n) is 4.32. The molecule has 144 valence electrons. The molecule has 9 nitrogen and oxygen atoms in total. The van der Waals surface area contributed by atoms with Gasteiger partial charge in [0.05, 0.1) is 24.2 Å². The van der Waals surface area contributed by atoms with Crippen molar-refractivity contribution < 1.29 is 19.2 Å². The molecule has 1 aromatic rings. The quantitative estimate of drug-likeness (QED) is 0.479. The first-order valence-corrected chi connectivity index (χ1v) is 8.84. The van der Waals surface area contributed by atoms with Gasteiger partial charge in [0.15, 0.2) is 11.5 Å². The number of nitro benzene ring substituents is 1. The molecule has 0 bridgehead atoms. The van der Waals surface area contributed by atoms with Crippen molar-refractivity contribution in [2.45, 2.75) is 39.2 Å². The van der Waals surface area contributed by atoms with Crippen LogP contribution in [0.4, 0.5) is 16.2 Å². The zero-order valence-corrected chi connectivity index (χ0v) is 15.1. The molecule has 0 aliphatic heterocycles. The maximum atomic E-state index is 12.3. The second-order valence-electron chi connectivity index (χ2n) is 6.15. The molecular formula is C17H26N4O5. The van der Waals surface area contributed by atoms with E-state index in [-0.39, 0.29) is 23.2 Å². The van der Waals surface area contributed by atoms with Crippen LogP contribution < -0.4 is 25.8 Å². The number of carbonyl (C=O) groups is 1. The van der Waals surface area contributed by atoms with E-state index in [9.17, 15) is 14.9 Å². The van der Waals surface area contributed by atoms with Crippen LogP contribution in [0.25, 0.3) is 0 Å². The van der Waals surface area contributed by atoms with Gasteiger partial charge < -0.3 is 25.8 Å². The summed E-state index contributed by atoms with van der Waals surface area (Å²) in [6.45, 7) is 4.88. The molecule has 2 atom stereocenters. The van der Waals surface area contributed by atoms with Gasteiger partial charge in [-0.3, -0.25) is 10.1 Å². The fraction of sp³-hybridized carbons (Fsp3) is 0.588. The molecule has 1 aromatic carbocycles.